The maximum atomic E-state index is 6.65. The maximum Gasteiger partial charge on any atom is 0.161 e. The van der Waals surface area contributed by atoms with Crippen molar-refractivity contribution < 1.29 is 9.47 Å². The van der Waals surface area contributed by atoms with Crippen LogP contribution in [0, 0.1) is 0 Å². The van der Waals surface area contributed by atoms with Crippen LogP contribution in [0.1, 0.15) is 41.5 Å². The molecule has 0 N–H and O–H groups in total. The van der Waals surface area contributed by atoms with E-state index in [1.165, 1.54) is 9.75 Å². The highest BCUT2D eigenvalue weighted by Crippen LogP contribution is 2.40. The number of halogens is 1. The molecule has 1 aromatic heterocycles. The van der Waals surface area contributed by atoms with Gasteiger partial charge >= 0.3 is 0 Å². The van der Waals surface area contributed by atoms with Crippen molar-refractivity contribution in [2.45, 2.75) is 31.6 Å². The zero-order valence-electron chi connectivity index (χ0n) is 12.5. The van der Waals surface area contributed by atoms with Gasteiger partial charge in [-0.05, 0) is 35.2 Å². The van der Waals surface area contributed by atoms with E-state index in [9.17, 15) is 0 Å². The minimum absolute atomic E-state index is 0.151. The Hall–Kier alpha value is -1.19. The number of alkyl halides is 1. The topological polar surface area (TPSA) is 18.5 Å². The van der Waals surface area contributed by atoms with E-state index < -0.39 is 0 Å². The lowest BCUT2D eigenvalue weighted by atomic mass is 9.95. The molecule has 0 amide bonds. The zero-order valence-corrected chi connectivity index (χ0v) is 14.1. The normalized spacial score (nSPS) is 15.8. The highest BCUT2D eigenvalue weighted by atomic mass is 35.5. The number of thiophene rings is 1. The Morgan fingerprint density at radius 1 is 1.05 bits per heavy atom. The van der Waals surface area contributed by atoms with E-state index in [4.69, 9.17) is 21.1 Å². The van der Waals surface area contributed by atoms with Crippen molar-refractivity contribution in [2.24, 2.45) is 0 Å². The molecule has 1 aliphatic heterocycles. The average molecular weight is 323 g/mol. The molecular formula is C17H19ClO2S. The monoisotopic (exact) mass is 322 g/mol. The lowest BCUT2D eigenvalue weighted by Crippen LogP contribution is -2.15. The van der Waals surface area contributed by atoms with Crippen molar-refractivity contribution in [1.29, 1.82) is 0 Å². The largest absolute Gasteiger partial charge is 0.486 e. The van der Waals surface area contributed by atoms with Gasteiger partial charge in [0.15, 0.2) is 11.5 Å². The molecule has 1 atom stereocenters. The van der Waals surface area contributed by atoms with Crippen molar-refractivity contribution in [1.82, 2.24) is 0 Å². The number of rotatable bonds is 2. The summed E-state index contributed by atoms with van der Waals surface area (Å²) >= 11 is 8.43. The van der Waals surface area contributed by atoms with Crippen molar-refractivity contribution >= 4 is 22.9 Å². The van der Waals surface area contributed by atoms with Crippen LogP contribution < -0.4 is 9.47 Å². The van der Waals surface area contributed by atoms with Gasteiger partial charge in [0.05, 0.1) is 5.38 Å². The predicted octanol–water partition coefficient (Wildman–Crippen LogP) is 5.15. The number of hydrogen-bond donors (Lipinski definition) is 0. The molecule has 0 fully saturated rings. The summed E-state index contributed by atoms with van der Waals surface area (Å²) in [7, 11) is 0. The van der Waals surface area contributed by atoms with Crippen molar-refractivity contribution in [3.63, 3.8) is 0 Å². The van der Waals surface area contributed by atoms with E-state index in [0.29, 0.717) is 13.2 Å². The molecule has 1 unspecified atom stereocenters. The fraction of sp³-hybridized carbons (Fsp3) is 0.412. The summed E-state index contributed by atoms with van der Waals surface area (Å²) in [6, 6.07) is 10.2. The Kier molecular flexibility index (Phi) is 3.89. The van der Waals surface area contributed by atoms with Crippen molar-refractivity contribution in [2.75, 3.05) is 13.2 Å². The third kappa shape index (κ3) is 3.04. The first-order valence-electron chi connectivity index (χ1n) is 7.09. The molecule has 3 rings (SSSR count). The number of benzene rings is 1. The third-order valence-electron chi connectivity index (χ3n) is 3.47. The van der Waals surface area contributed by atoms with Crippen LogP contribution in [0.2, 0.25) is 0 Å². The van der Waals surface area contributed by atoms with Gasteiger partial charge in [0, 0.05) is 9.75 Å². The van der Waals surface area contributed by atoms with Crippen molar-refractivity contribution in [3.8, 4) is 11.5 Å². The highest BCUT2D eigenvalue weighted by Gasteiger charge is 2.21. The standard InChI is InChI=1S/C17H19ClO2S/c1-17(2,3)15-7-6-14(21-15)16(18)11-4-5-12-13(10-11)20-9-8-19-12/h4-7,10,16H,8-9H2,1-3H3. The fourth-order valence-electron chi connectivity index (χ4n) is 2.27. The second-order valence-corrected chi connectivity index (χ2v) is 7.77. The van der Waals surface area contributed by atoms with Gasteiger partial charge in [-0.2, -0.15) is 0 Å². The molecular weight excluding hydrogens is 304 g/mol. The summed E-state index contributed by atoms with van der Waals surface area (Å²) < 4.78 is 11.2. The van der Waals surface area contributed by atoms with E-state index in [-0.39, 0.29) is 10.8 Å². The Balaban J connectivity index is 1.88. The number of fused-ring (bicyclic) bond motifs is 1. The van der Waals surface area contributed by atoms with Crippen LogP contribution in [0.5, 0.6) is 11.5 Å². The minimum Gasteiger partial charge on any atom is -0.486 e. The average Bonchev–Trinajstić information content (AvgIpc) is 2.96. The van der Waals surface area contributed by atoms with E-state index >= 15 is 0 Å². The molecule has 2 heterocycles. The molecule has 2 aromatic rings. The van der Waals surface area contributed by atoms with Crippen LogP contribution in [-0.4, -0.2) is 13.2 Å². The van der Waals surface area contributed by atoms with Crippen LogP contribution in [-0.2, 0) is 5.41 Å². The molecule has 0 aliphatic carbocycles. The Labute approximate surface area is 134 Å². The molecule has 0 bridgehead atoms. The SMILES string of the molecule is CC(C)(C)c1ccc(C(Cl)c2ccc3c(c2)OCCO3)s1. The summed E-state index contributed by atoms with van der Waals surface area (Å²) in [6.45, 7) is 7.86. The van der Waals surface area contributed by atoms with Crippen LogP contribution in [0.3, 0.4) is 0 Å². The van der Waals surface area contributed by atoms with Crippen molar-refractivity contribution in [3.05, 3.63) is 45.6 Å². The summed E-state index contributed by atoms with van der Waals surface area (Å²) in [5, 5.41) is -0.151. The smallest absolute Gasteiger partial charge is 0.161 e. The molecule has 1 aromatic carbocycles. The Morgan fingerprint density at radius 2 is 1.76 bits per heavy atom. The molecule has 1 aliphatic rings. The van der Waals surface area contributed by atoms with E-state index in [0.717, 1.165) is 17.1 Å². The minimum atomic E-state index is -0.151. The third-order valence-corrected chi connectivity index (χ3v) is 5.67. The molecule has 0 saturated heterocycles. The van der Waals surface area contributed by atoms with Crippen LogP contribution in [0.25, 0.3) is 0 Å². The maximum absolute atomic E-state index is 6.65. The van der Waals surface area contributed by atoms with Gasteiger partial charge in [0.1, 0.15) is 13.2 Å². The molecule has 112 valence electrons. The molecule has 4 heteroatoms. The van der Waals surface area contributed by atoms with Gasteiger partial charge < -0.3 is 9.47 Å². The molecule has 0 radical (unpaired) electrons. The van der Waals surface area contributed by atoms with Gasteiger partial charge in [-0.3, -0.25) is 0 Å². The van der Waals surface area contributed by atoms with E-state index in [2.05, 4.69) is 32.9 Å². The summed E-state index contributed by atoms with van der Waals surface area (Å²) in [5.41, 5.74) is 1.20. The van der Waals surface area contributed by atoms with Gasteiger partial charge in [-0.15, -0.1) is 22.9 Å². The zero-order chi connectivity index (χ0) is 15.0. The van der Waals surface area contributed by atoms with E-state index in [1.54, 1.807) is 11.3 Å². The van der Waals surface area contributed by atoms with Gasteiger partial charge in [-0.1, -0.05) is 26.8 Å². The lowest BCUT2D eigenvalue weighted by molar-refractivity contribution is 0.171. The molecule has 21 heavy (non-hydrogen) atoms. The van der Waals surface area contributed by atoms with Crippen LogP contribution >= 0.6 is 22.9 Å². The lowest BCUT2D eigenvalue weighted by Gasteiger charge is -2.20. The summed E-state index contributed by atoms with van der Waals surface area (Å²) in [5.74, 6) is 1.59. The van der Waals surface area contributed by atoms with Gasteiger partial charge in [0.2, 0.25) is 0 Å². The second kappa shape index (κ2) is 5.54. The first-order valence-corrected chi connectivity index (χ1v) is 8.34. The van der Waals surface area contributed by atoms with Crippen LogP contribution in [0.15, 0.2) is 30.3 Å². The molecule has 2 nitrogen and oxygen atoms in total. The van der Waals surface area contributed by atoms with Crippen LogP contribution in [0.4, 0.5) is 0 Å². The van der Waals surface area contributed by atoms with Gasteiger partial charge in [0.25, 0.3) is 0 Å². The molecule has 0 saturated carbocycles. The van der Waals surface area contributed by atoms with Gasteiger partial charge in [-0.25, -0.2) is 0 Å². The molecule has 0 spiro atoms. The summed E-state index contributed by atoms with van der Waals surface area (Å²) in [6.07, 6.45) is 0. The first kappa shape index (κ1) is 14.7. The van der Waals surface area contributed by atoms with E-state index in [1.807, 2.05) is 18.2 Å². The Morgan fingerprint density at radius 3 is 2.43 bits per heavy atom. The Bertz CT molecular complexity index is 642. The number of hydrogen-bond acceptors (Lipinski definition) is 3. The first-order chi connectivity index (χ1) is 9.95. The fourth-order valence-corrected chi connectivity index (χ4v) is 3.69. The number of ether oxygens (including phenoxy) is 2. The summed E-state index contributed by atoms with van der Waals surface area (Å²) in [4.78, 5) is 2.51. The second-order valence-electron chi connectivity index (χ2n) is 6.22. The predicted molar refractivity (Wildman–Crippen MR) is 88.1 cm³/mol. The quantitative estimate of drug-likeness (QED) is 0.712. The highest BCUT2D eigenvalue weighted by molar-refractivity contribution is 7.12.